The summed E-state index contributed by atoms with van der Waals surface area (Å²) in [7, 11) is 1.69. The average molecular weight is 422 g/mol. The molecule has 2 aromatic heterocycles. The van der Waals surface area contributed by atoms with Gasteiger partial charge in [0, 0.05) is 12.5 Å². The van der Waals surface area contributed by atoms with E-state index in [1.807, 2.05) is 18.5 Å². The van der Waals surface area contributed by atoms with E-state index in [0.717, 1.165) is 65.3 Å². The van der Waals surface area contributed by atoms with E-state index in [9.17, 15) is 0 Å². The van der Waals surface area contributed by atoms with Crippen molar-refractivity contribution in [2.24, 2.45) is 4.99 Å². The minimum atomic E-state index is 0.288. The highest BCUT2D eigenvalue weighted by atomic mass is 16.5. The van der Waals surface area contributed by atoms with Gasteiger partial charge in [-0.15, -0.1) is 0 Å². The molecule has 2 aliphatic rings. The number of nitrogens with one attached hydrogen (secondary N) is 1. The molecule has 1 aromatic carbocycles. The van der Waals surface area contributed by atoms with Crippen molar-refractivity contribution >= 4 is 11.2 Å². The first kappa shape index (κ1) is 20.1. The Hall–Kier alpha value is -2.83. The summed E-state index contributed by atoms with van der Waals surface area (Å²) >= 11 is 0. The molecule has 0 atom stereocenters. The van der Waals surface area contributed by atoms with E-state index in [1.54, 1.807) is 7.11 Å². The van der Waals surface area contributed by atoms with Gasteiger partial charge in [0.05, 0.1) is 26.1 Å². The molecule has 0 radical (unpaired) electrons. The smallest absolute Gasteiger partial charge is 0.177 e. The monoisotopic (exact) mass is 421 g/mol. The Bertz CT molecular complexity index is 1120. The zero-order chi connectivity index (χ0) is 21.2. The molecule has 0 aliphatic heterocycles. The van der Waals surface area contributed by atoms with Crippen LogP contribution in [0.4, 0.5) is 0 Å². The predicted molar refractivity (Wildman–Crippen MR) is 119 cm³/mol. The first-order valence-corrected chi connectivity index (χ1v) is 11.5. The van der Waals surface area contributed by atoms with Gasteiger partial charge in [-0.2, -0.15) is 0 Å². The van der Waals surface area contributed by atoms with E-state index in [0.29, 0.717) is 12.5 Å². The fraction of sp³-hybridized carbons (Fsp3) is 0.542. The average Bonchev–Trinajstić information content (AvgIpc) is 3.32. The van der Waals surface area contributed by atoms with Gasteiger partial charge in [0.1, 0.15) is 11.3 Å². The summed E-state index contributed by atoms with van der Waals surface area (Å²) in [5, 5.41) is 0. The zero-order valence-electron chi connectivity index (χ0n) is 18.4. The van der Waals surface area contributed by atoms with E-state index in [-0.39, 0.29) is 6.10 Å². The summed E-state index contributed by atoms with van der Waals surface area (Å²) in [6.45, 7) is 3.60. The minimum absolute atomic E-state index is 0.288. The molecule has 7 nitrogen and oxygen atoms in total. The van der Waals surface area contributed by atoms with Crippen LogP contribution in [0.3, 0.4) is 0 Å². The molecular formula is C24H31N5O2. The molecule has 0 bridgehead atoms. The number of benzene rings is 1. The van der Waals surface area contributed by atoms with Gasteiger partial charge in [0.25, 0.3) is 0 Å². The van der Waals surface area contributed by atoms with E-state index >= 15 is 0 Å². The van der Waals surface area contributed by atoms with Crippen molar-refractivity contribution < 1.29 is 9.47 Å². The SMILES string of the molecule is CCCn1cnc(=NCc2ccc(OC)c(OC3CCCC3)c2)c2[nH]c(C3CC3)nc21. The lowest BCUT2D eigenvalue weighted by Crippen LogP contribution is -2.15. The molecule has 2 aliphatic carbocycles. The second kappa shape index (κ2) is 8.73. The third kappa shape index (κ3) is 4.31. The standard InChI is InChI=1S/C24H31N5O2/c1-3-12-29-15-26-23(21-24(29)28-22(27-21)17-9-10-17)25-14-16-8-11-19(30-2)20(13-16)31-18-6-4-5-7-18/h8,11,13,15,17-18H,3-7,9-10,12,14H2,1-2H3,(H,27,28). The first-order valence-electron chi connectivity index (χ1n) is 11.5. The van der Waals surface area contributed by atoms with Crippen molar-refractivity contribution in [1.29, 1.82) is 0 Å². The Balaban J connectivity index is 1.45. The molecule has 164 valence electrons. The molecular weight excluding hydrogens is 390 g/mol. The lowest BCUT2D eigenvalue weighted by Gasteiger charge is -2.16. The zero-order valence-corrected chi connectivity index (χ0v) is 18.4. The largest absolute Gasteiger partial charge is 0.493 e. The van der Waals surface area contributed by atoms with Gasteiger partial charge in [-0.25, -0.2) is 9.97 Å². The molecule has 5 rings (SSSR count). The molecule has 0 spiro atoms. The van der Waals surface area contributed by atoms with E-state index in [4.69, 9.17) is 19.5 Å². The predicted octanol–water partition coefficient (Wildman–Crippen LogP) is 4.48. The normalized spacial score (nSPS) is 17.5. The van der Waals surface area contributed by atoms with Crippen molar-refractivity contribution in [3.63, 3.8) is 0 Å². The fourth-order valence-electron chi connectivity index (χ4n) is 4.33. The minimum Gasteiger partial charge on any atom is -0.493 e. The number of methoxy groups -OCH3 is 1. The van der Waals surface area contributed by atoms with Crippen LogP contribution in [0, 0.1) is 0 Å². The quantitative estimate of drug-likeness (QED) is 0.582. The second-order valence-corrected chi connectivity index (χ2v) is 8.68. The number of H-pyrrole nitrogens is 1. The molecule has 0 saturated heterocycles. The number of aromatic amines is 1. The van der Waals surface area contributed by atoms with E-state index in [1.165, 1.54) is 25.7 Å². The van der Waals surface area contributed by atoms with Crippen molar-refractivity contribution in [3.8, 4) is 11.5 Å². The molecule has 2 saturated carbocycles. The number of imidazole rings is 1. The second-order valence-electron chi connectivity index (χ2n) is 8.68. The van der Waals surface area contributed by atoms with Gasteiger partial charge in [0.2, 0.25) is 0 Å². The van der Waals surface area contributed by atoms with Gasteiger partial charge in [0.15, 0.2) is 22.6 Å². The molecule has 7 heteroatoms. The van der Waals surface area contributed by atoms with Crippen LogP contribution in [-0.4, -0.2) is 32.7 Å². The van der Waals surface area contributed by atoms with Crippen molar-refractivity contribution in [3.05, 3.63) is 41.4 Å². The first-order chi connectivity index (χ1) is 15.2. The van der Waals surface area contributed by atoms with E-state index in [2.05, 4.69) is 27.5 Å². The molecule has 2 heterocycles. The number of rotatable bonds is 8. The lowest BCUT2D eigenvalue weighted by atomic mass is 10.2. The number of hydrogen-bond acceptors (Lipinski definition) is 5. The Kier molecular flexibility index (Phi) is 5.66. The van der Waals surface area contributed by atoms with Crippen LogP contribution < -0.4 is 15.0 Å². The highest BCUT2D eigenvalue weighted by Crippen LogP contribution is 2.38. The summed E-state index contributed by atoms with van der Waals surface area (Å²) in [4.78, 5) is 17.9. The fourth-order valence-corrected chi connectivity index (χ4v) is 4.33. The topological polar surface area (TPSA) is 77.3 Å². The molecule has 3 aromatic rings. The number of hydrogen-bond donors (Lipinski definition) is 1. The third-order valence-corrected chi connectivity index (χ3v) is 6.18. The lowest BCUT2D eigenvalue weighted by molar-refractivity contribution is 0.200. The number of fused-ring (bicyclic) bond motifs is 1. The maximum Gasteiger partial charge on any atom is 0.177 e. The van der Waals surface area contributed by atoms with Gasteiger partial charge in [-0.1, -0.05) is 13.0 Å². The van der Waals surface area contributed by atoms with Crippen LogP contribution in [0.5, 0.6) is 11.5 Å². The highest BCUT2D eigenvalue weighted by molar-refractivity contribution is 5.69. The summed E-state index contributed by atoms with van der Waals surface area (Å²) in [6.07, 6.45) is 10.3. The van der Waals surface area contributed by atoms with Crippen LogP contribution in [-0.2, 0) is 13.1 Å². The Morgan fingerprint density at radius 1 is 1.16 bits per heavy atom. The van der Waals surface area contributed by atoms with Crippen molar-refractivity contribution in [2.45, 2.75) is 77.0 Å². The molecule has 31 heavy (non-hydrogen) atoms. The summed E-state index contributed by atoms with van der Waals surface area (Å²) < 4.78 is 13.9. The van der Waals surface area contributed by atoms with E-state index < -0.39 is 0 Å². The Labute approximate surface area is 182 Å². The number of aryl methyl sites for hydroxylation is 1. The van der Waals surface area contributed by atoms with Gasteiger partial charge >= 0.3 is 0 Å². The highest BCUT2D eigenvalue weighted by Gasteiger charge is 2.27. The third-order valence-electron chi connectivity index (χ3n) is 6.18. The summed E-state index contributed by atoms with van der Waals surface area (Å²) in [5.41, 5.74) is 3.69. The Morgan fingerprint density at radius 2 is 2.00 bits per heavy atom. The molecule has 2 fully saturated rings. The van der Waals surface area contributed by atoms with Crippen LogP contribution in [0.2, 0.25) is 0 Å². The Morgan fingerprint density at radius 3 is 2.74 bits per heavy atom. The maximum atomic E-state index is 6.24. The molecule has 0 unspecified atom stereocenters. The van der Waals surface area contributed by atoms with Crippen LogP contribution >= 0.6 is 0 Å². The molecule has 0 amide bonds. The van der Waals surface area contributed by atoms with Crippen molar-refractivity contribution in [2.75, 3.05) is 7.11 Å². The van der Waals surface area contributed by atoms with Crippen LogP contribution in [0.1, 0.15) is 69.2 Å². The van der Waals surface area contributed by atoms with Gasteiger partial charge in [-0.05, 0) is 62.6 Å². The molecule has 1 N–H and O–H groups in total. The number of aromatic nitrogens is 4. The maximum absolute atomic E-state index is 6.24. The van der Waals surface area contributed by atoms with Crippen LogP contribution in [0.15, 0.2) is 29.5 Å². The summed E-state index contributed by atoms with van der Waals surface area (Å²) in [6, 6.07) is 6.07. The summed E-state index contributed by atoms with van der Waals surface area (Å²) in [5.74, 6) is 3.22. The van der Waals surface area contributed by atoms with Gasteiger partial charge < -0.3 is 19.0 Å². The number of ether oxygens (including phenoxy) is 2. The van der Waals surface area contributed by atoms with Gasteiger partial charge in [-0.3, -0.25) is 4.99 Å². The van der Waals surface area contributed by atoms with Crippen molar-refractivity contribution in [1.82, 2.24) is 19.5 Å². The number of nitrogens with zero attached hydrogens (tertiary/aromatic N) is 4. The van der Waals surface area contributed by atoms with Crippen LogP contribution in [0.25, 0.3) is 11.2 Å².